The van der Waals surface area contributed by atoms with E-state index < -0.39 is 0 Å². The first kappa shape index (κ1) is 27.2. The molecule has 0 aromatic heterocycles. The van der Waals surface area contributed by atoms with Crippen LogP contribution in [0.4, 0.5) is 0 Å². The van der Waals surface area contributed by atoms with E-state index in [1.54, 1.807) is 0 Å². The van der Waals surface area contributed by atoms with Crippen LogP contribution in [0.25, 0.3) is 0 Å². The van der Waals surface area contributed by atoms with Crippen LogP contribution in [0.5, 0.6) is 11.5 Å². The minimum absolute atomic E-state index is 0.0302. The van der Waals surface area contributed by atoms with Gasteiger partial charge in [-0.05, 0) is 74.9 Å². The SMILES string of the molecule is CCC(C)Oc1ccc(C(C)(CC)COCC(C)(CC)c2ccc(OC(C)CC)cc2)cc1. The van der Waals surface area contributed by atoms with E-state index in [4.69, 9.17) is 14.2 Å². The van der Waals surface area contributed by atoms with Gasteiger partial charge in [0, 0.05) is 10.8 Å². The summed E-state index contributed by atoms with van der Waals surface area (Å²) < 4.78 is 18.3. The molecule has 0 aliphatic carbocycles. The van der Waals surface area contributed by atoms with E-state index in [0.717, 1.165) is 37.2 Å². The lowest BCUT2D eigenvalue weighted by molar-refractivity contribution is 0.0510. The molecule has 3 heteroatoms. The molecule has 2 rings (SSSR count). The fraction of sp³-hybridized carbons (Fsp3) is 0.600. The van der Waals surface area contributed by atoms with Crippen LogP contribution in [0.1, 0.15) is 92.2 Å². The molecule has 0 aliphatic heterocycles. The minimum Gasteiger partial charge on any atom is -0.491 e. The van der Waals surface area contributed by atoms with E-state index in [-0.39, 0.29) is 23.0 Å². The largest absolute Gasteiger partial charge is 0.491 e. The summed E-state index contributed by atoms with van der Waals surface area (Å²) in [4.78, 5) is 0. The van der Waals surface area contributed by atoms with Crippen LogP contribution in [0.2, 0.25) is 0 Å². The normalized spacial score (nSPS) is 17.0. The van der Waals surface area contributed by atoms with Crippen LogP contribution in [0.3, 0.4) is 0 Å². The molecular weight excluding hydrogens is 408 g/mol. The Balaban J connectivity index is 2.03. The Bertz CT molecular complexity index is 744. The average molecular weight is 455 g/mol. The van der Waals surface area contributed by atoms with E-state index in [0.29, 0.717) is 13.2 Å². The monoisotopic (exact) mass is 454 g/mol. The Labute approximate surface area is 202 Å². The standard InChI is InChI=1S/C30H46O3/c1-9-23(5)32-27-17-13-25(14-18-27)29(7,11-3)21-31-22-30(8,12-4)26-15-19-28(20-16-26)33-24(6)10-2/h13-20,23-24H,9-12,21-22H2,1-8H3. The van der Waals surface area contributed by atoms with Gasteiger partial charge in [-0.3, -0.25) is 0 Å². The molecule has 0 bridgehead atoms. The summed E-state index contributed by atoms with van der Waals surface area (Å²) in [6.07, 6.45) is 4.52. The van der Waals surface area contributed by atoms with Gasteiger partial charge in [0.1, 0.15) is 11.5 Å². The third kappa shape index (κ3) is 7.50. The molecule has 3 nitrogen and oxygen atoms in total. The summed E-state index contributed by atoms with van der Waals surface area (Å²) in [5.74, 6) is 1.87. The van der Waals surface area contributed by atoms with Crippen molar-refractivity contribution in [1.82, 2.24) is 0 Å². The lowest BCUT2D eigenvalue weighted by atomic mass is 9.79. The second-order valence-corrected chi connectivity index (χ2v) is 10.0. The fourth-order valence-corrected chi connectivity index (χ4v) is 3.78. The van der Waals surface area contributed by atoms with E-state index in [1.807, 2.05) is 0 Å². The van der Waals surface area contributed by atoms with Crippen molar-refractivity contribution >= 4 is 0 Å². The number of hydrogen-bond donors (Lipinski definition) is 0. The van der Waals surface area contributed by atoms with Gasteiger partial charge in [0.15, 0.2) is 0 Å². The smallest absolute Gasteiger partial charge is 0.119 e. The highest BCUT2D eigenvalue weighted by atomic mass is 16.5. The Morgan fingerprint density at radius 1 is 0.606 bits per heavy atom. The van der Waals surface area contributed by atoms with Gasteiger partial charge in [-0.1, -0.05) is 65.8 Å². The van der Waals surface area contributed by atoms with Gasteiger partial charge in [0.05, 0.1) is 25.4 Å². The highest BCUT2D eigenvalue weighted by Gasteiger charge is 2.29. The molecule has 0 aliphatic rings. The Kier molecular flexibility index (Phi) is 10.3. The zero-order valence-corrected chi connectivity index (χ0v) is 22.2. The fourth-order valence-electron chi connectivity index (χ4n) is 3.78. The molecule has 4 unspecified atom stereocenters. The molecule has 0 fully saturated rings. The highest BCUT2D eigenvalue weighted by Crippen LogP contribution is 2.33. The molecule has 184 valence electrons. The van der Waals surface area contributed by atoms with Crippen LogP contribution < -0.4 is 9.47 Å². The van der Waals surface area contributed by atoms with Crippen molar-refractivity contribution in [2.45, 2.75) is 104 Å². The summed E-state index contributed by atoms with van der Waals surface area (Å²) in [5, 5.41) is 0. The van der Waals surface area contributed by atoms with Crippen molar-refractivity contribution in [2.75, 3.05) is 13.2 Å². The quantitative estimate of drug-likeness (QED) is 0.289. The summed E-state index contributed by atoms with van der Waals surface area (Å²) >= 11 is 0. The van der Waals surface area contributed by atoms with Crippen molar-refractivity contribution in [2.24, 2.45) is 0 Å². The summed E-state index contributed by atoms with van der Waals surface area (Å²) in [5.41, 5.74) is 2.53. The Morgan fingerprint density at radius 2 is 0.939 bits per heavy atom. The van der Waals surface area contributed by atoms with Gasteiger partial charge < -0.3 is 14.2 Å². The van der Waals surface area contributed by atoms with E-state index in [2.05, 4.69) is 104 Å². The van der Waals surface area contributed by atoms with E-state index >= 15 is 0 Å². The van der Waals surface area contributed by atoms with Crippen molar-refractivity contribution < 1.29 is 14.2 Å². The number of hydrogen-bond acceptors (Lipinski definition) is 3. The molecule has 4 atom stereocenters. The van der Waals surface area contributed by atoms with Gasteiger partial charge in [0.2, 0.25) is 0 Å². The van der Waals surface area contributed by atoms with E-state index in [1.165, 1.54) is 11.1 Å². The topological polar surface area (TPSA) is 27.7 Å². The number of benzene rings is 2. The maximum Gasteiger partial charge on any atom is 0.119 e. The van der Waals surface area contributed by atoms with Crippen LogP contribution in [0.15, 0.2) is 48.5 Å². The average Bonchev–Trinajstić information content (AvgIpc) is 2.84. The number of ether oxygens (including phenoxy) is 3. The van der Waals surface area contributed by atoms with Gasteiger partial charge in [-0.15, -0.1) is 0 Å². The first-order valence-electron chi connectivity index (χ1n) is 12.8. The highest BCUT2D eigenvalue weighted by molar-refractivity contribution is 5.33. The van der Waals surface area contributed by atoms with Crippen LogP contribution in [-0.2, 0) is 15.6 Å². The zero-order valence-electron chi connectivity index (χ0n) is 22.2. The van der Waals surface area contributed by atoms with Gasteiger partial charge in [-0.25, -0.2) is 0 Å². The summed E-state index contributed by atoms with van der Waals surface area (Å²) in [6, 6.07) is 17.1. The van der Waals surface area contributed by atoms with Crippen molar-refractivity contribution in [3.63, 3.8) is 0 Å². The van der Waals surface area contributed by atoms with Crippen LogP contribution >= 0.6 is 0 Å². The predicted molar refractivity (Wildman–Crippen MR) is 140 cm³/mol. The Hall–Kier alpha value is -2.00. The van der Waals surface area contributed by atoms with Crippen molar-refractivity contribution in [1.29, 1.82) is 0 Å². The summed E-state index contributed by atoms with van der Waals surface area (Å²) in [7, 11) is 0. The number of rotatable bonds is 14. The van der Waals surface area contributed by atoms with Crippen molar-refractivity contribution in [3.05, 3.63) is 59.7 Å². The Morgan fingerprint density at radius 3 is 1.21 bits per heavy atom. The molecule has 2 aromatic carbocycles. The van der Waals surface area contributed by atoms with Gasteiger partial charge >= 0.3 is 0 Å². The van der Waals surface area contributed by atoms with Crippen LogP contribution in [0, 0.1) is 0 Å². The molecular formula is C30H46O3. The lowest BCUT2D eigenvalue weighted by Gasteiger charge is -2.33. The first-order valence-corrected chi connectivity index (χ1v) is 12.8. The zero-order chi connectivity index (χ0) is 24.5. The molecule has 0 radical (unpaired) electrons. The summed E-state index contributed by atoms with van der Waals surface area (Å²) in [6.45, 7) is 18.9. The van der Waals surface area contributed by atoms with Crippen molar-refractivity contribution in [3.8, 4) is 11.5 Å². The van der Waals surface area contributed by atoms with Crippen LogP contribution in [-0.4, -0.2) is 25.4 Å². The van der Waals surface area contributed by atoms with Gasteiger partial charge in [-0.2, -0.15) is 0 Å². The lowest BCUT2D eigenvalue weighted by Crippen LogP contribution is -2.33. The molecule has 0 amide bonds. The minimum atomic E-state index is -0.0302. The first-order chi connectivity index (χ1) is 15.7. The molecule has 2 aromatic rings. The maximum atomic E-state index is 6.42. The van der Waals surface area contributed by atoms with Gasteiger partial charge in [0.25, 0.3) is 0 Å². The third-order valence-electron chi connectivity index (χ3n) is 7.33. The maximum absolute atomic E-state index is 6.42. The molecule has 0 saturated carbocycles. The molecule has 0 heterocycles. The predicted octanol–water partition coefficient (Wildman–Crippen LogP) is 8.09. The van der Waals surface area contributed by atoms with E-state index in [9.17, 15) is 0 Å². The second-order valence-electron chi connectivity index (χ2n) is 10.0. The third-order valence-corrected chi connectivity index (χ3v) is 7.33. The molecule has 0 spiro atoms. The molecule has 33 heavy (non-hydrogen) atoms. The second kappa shape index (κ2) is 12.5. The molecule has 0 saturated heterocycles. The molecule has 0 N–H and O–H groups in total.